The van der Waals surface area contributed by atoms with Crippen LogP contribution in [-0.2, 0) is 9.59 Å². The number of phenolic OH excluding ortho intramolecular Hbond substituents is 1. The number of anilines is 1. The summed E-state index contributed by atoms with van der Waals surface area (Å²) in [6.45, 7) is 0. The summed E-state index contributed by atoms with van der Waals surface area (Å²) in [7, 11) is 2.85. The fourth-order valence-corrected chi connectivity index (χ4v) is 3.84. The SMILES string of the molecule is COc1ccc(OC)c(/C(O)=C2\C(=O)C(=O)N(c3cccc(F)c3)C2c2ccc(O)cc2)c1. The minimum Gasteiger partial charge on any atom is -0.508 e. The summed E-state index contributed by atoms with van der Waals surface area (Å²) < 4.78 is 24.5. The van der Waals surface area contributed by atoms with E-state index in [1.807, 2.05) is 0 Å². The summed E-state index contributed by atoms with van der Waals surface area (Å²) in [6, 6.07) is 14.7. The Morgan fingerprint density at radius 1 is 0.970 bits per heavy atom. The number of phenols is 1. The van der Waals surface area contributed by atoms with Crippen LogP contribution in [0.4, 0.5) is 10.1 Å². The molecule has 0 radical (unpaired) electrons. The van der Waals surface area contributed by atoms with Gasteiger partial charge in [-0.05, 0) is 54.1 Å². The van der Waals surface area contributed by atoms with E-state index in [9.17, 15) is 24.2 Å². The van der Waals surface area contributed by atoms with Crippen molar-refractivity contribution in [3.63, 3.8) is 0 Å². The molecule has 7 nitrogen and oxygen atoms in total. The zero-order chi connectivity index (χ0) is 23.7. The highest BCUT2D eigenvalue weighted by atomic mass is 19.1. The van der Waals surface area contributed by atoms with Gasteiger partial charge in [0.25, 0.3) is 11.7 Å². The van der Waals surface area contributed by atoms with Crippen LogP contribution in [0.1, 0.15) is 17.2 Å². The normalized spacial score (nSPS) is 17.3. The molecule has 2 N–H and O–H groups in total. The van der Waals surface area contributed by atoms with Crippen molar-refractivity contribution < 1.29 is 33.7 Å². The van der Waals surface area contributed by atoms with Gasteiger partial charge in [-0.3, -0.25) is 14.5 Å². The number of carbonyl (C=O) groups is 2. The van der Waals surface area contributed by atoms with Crippen molar-refractivity contribution in [3.05, 3.63) is 89.2 Å². The zero-order valence-electron chi connectivity index (χ0n) is 17.8. The highest BCUT2D eigenvalue weighted by Crippen LogP contribution is 2.44. The van der Waals surface area contributed by atoms with Crippen LogP contribution in [0.15, 0.2) is 72.3 Å². The molecule has 1 aliphatic rings. The minimum atomic E-state index is -1.08. The predicted molar refractivity (Wildman–Crippen MR) is 119 cm³/mol. The molecule has 0 saturated carbocycles. The van der Waals surface area contributed by atoms with Crippen molar-refractivity contribution in [3.8, 4) is 17.2 Å². The number of amides is 1. The number of halogens is 1. The maximum absolute atomic E-state index is 14.0. The molecule has 1 unspecified atom stereocenters. The molecule has 168 valence electrons. The molecule has 1 atom stereocenters. The number of benzene rings is 3. The van der Waals surface area contributed by atoms with Crippen LogP contribution in [0.5, 0.6) is 17.2 Å². The number of carbonyl (C=O) groups excluding carboxylic acids is 2. The van der Waals surface area contributed by atoms with Crippen molar-refractivity contribution in [2.75, 3.05) is 19.1 Å². The maximum Gasteiger partial charge on any atom is 0.300 e. The minimum absolute atomic E-state index is 0.0177. The molecule has 0 spiro atoms. The Balaban J connectivity index is 1.99. The largest absolute Gasteiger partial charge is 0.508 e. The van der Waals surface area contributed by atoms with Gasteiger partial charge in [-0.15, -0.1) is 0 Å². The molecule has 33 heavy (non-hydrogen) atoms. The molecular weight excluding hydrogens is 429 g/mol. The molecule has 0 aliphatic carbocycles. The average Bonchev–Trinajstić information content (AvgIpc) is 3.09. The Morgan fingerprint density at radius 3 is 2.33 bits per heavy atom. The third-order valence-corrected chi connectivity index (χ3v) is 5.40. The van der Waals surface area contributed by atoms with Crippen LogP contribution in [0.3, 0.4) is 0 Å². The Bertz CT molecular complexity index is 1270. The summed E-state index contributed by atoms with van der Waals surface area (Å²) in [5, 5.41) is 21.0. The number of methoxy groups -OCH3 is 2. The highest BCUT2D eigenvalue weighted by molar-refractivity contribution is 6.51. The van der Waals surface area contributed by atoms with Crippen LogP contribution in [-0.4, -0.2) is 36.1 Å². The second kappa shape index (κ2) is 8.66. The van der Waals surface area contributed by atoms with Crippen molar-refractivity contribution in [2.24, 2.45) is 0 Å². The molecule has 8 heteroatoms. The molecule has 1 heterocycles. The monoisotopic (exact) mass is 449 g/mol. The number of ether oxygens (including phenoxy) is 2. The second-order valence-corrected chi connectivity index (χ2v) is 7.31. The van der Waals surface area contributed by atoms with E-state index in [-0.39, 0.29) is 28.3 Å². The molecule has 3 aromatic carbocycles. The van der Waals surface area contributed by atoms with Crippen molar-refractivity contribution in [1.29, 1.82) is 0 Å². The van der Waals surface area contributed by atoms with Gasteiger partial charge in [0, 0.05) is 5.69 Å². The quantitative estimate of drug-likeness (QED) is 0.345. The molecule has 1 aliphatic heterocycles. The fourth-order valence-electron chi connectivity index (χ4n) is 3.84. The number of aromatic hydroxyl groups is 1. The first-order chi connectivity index (χ1) is 15.8. The Kier molecular flexibility index (Phi) is 5.74. The molecule has 4 rings (SSSR count). The molecule has 1 fully saturated rings. The molecule has 3 aromatic rings. The molecule has 1 amide bonds. The summed E-state index contributed by atoms with van der Waals surface area (Å²) in [5.41, 5.74) is 0.519. The third kappa shape index (κ3) is 3.87. The van der Waals surface area contributed by atoms with Crippen LogP contribution in [0, 0.1) is 5.82 Å². The smallest absolute Gasteiger partial charge is 0.300 e. The number of rotatable bonds is 5. The number of ketones is 1. The first kappa shape index (κ1) is 21.9. The number of hydrogen-bond donors (Lipinski definition) is 2. The van der Waals surface area contributed by atoms with E-state index in [2.05, 4.69) is 0 Å². The summed E-state index contributed by atoms with van der Waals surface area (Å²) >= 11 is 0. The van der Waals surface area contributed by atoms with Gasteiger partial charge in [-0.2, -0.15) is 0 Å². The first-order valence-corrected chi connectivity index (χ1v) is 9.93. The van der Waals surface area contributed by atoms with Crippen molar-refractivity contribution in [1.82, 2.24) is 0 Å². The highest BCUT2D eigenvalue weighted by Gasteiger charge is 2.47. The van der Waals surface area contributed by atoms with E-state index in [1.54, 1.807) is 12.1 Å². The molecule has 1 saturated heterocycles. The van der Waals surface area contributed by atoms with Gasteiger partial charge in [0.05, 0.1) is 31.4 Å². The standard InChI is InChI=1S/C25H20FNO6/c1-32-18-10-11-20(33-2)19(13-18)23(29)21-22(14-6-8-17(28)9-7-14)27(25(31)24(21)30)16-5-3-4-15(26)12-16/h3-13,22,28-29H,1-2H3/b23-21+. The number of Topliss-reactive ketones (excluding diaryl/α,β-unsaturated/α-hetero) is 1. The van der Waals surface area contributed by atoms with Crippen LogP contribution < -0.4 is 14.4 Å². The zero-order valence-corrected chi connectivity index (χ0v) is 17.8. The van der Waals surface area contributed by atoms with E-state index in [0.29, 0.717) is 11.3 Å². The van der Waals surface area contributed by atoms with E-state index in [1.165, 1.54) is 62.8 Å². The Labute approximate surface area is 188 Å². The van der Waals surface area contributed by atoms with Gasteiger partial charge in [-0.25, -0.2) is 4.39 Å². The van der Waals surface area contributed by atoms with Gasteiger partial charge in [0.1, 0.15) is 28.8 Å². The van der Waals surface area contributed by atoms with E-state index < -0.39 is 29.3 Å². The van der Waals surface area contributed by atoms with Gasteiger partial charge in [-0.1, -0.05) is 18.2 Å². The summed E-state index contributed by atoms with van der Waals surface area (Å²) in [6.07, 6.45) is 0. The topological polar surface area (TPSA) is 96.3 Å². The van der Waals surface area contributed by atoms with Gasteiger partial charge < -0.3 is 19.7 Å². The Hall–Kier alpha value is -4.33. The predicted octanol–water partition coefficient (Wildman–Crippen LogP) is 4.17. The lowest BCUT2D eigenvalue weighted by Gasteiger charge is -2.25. The van der Waals surface area contributed by atoms with Crippen LogP contribution in [0.25, 0.3) is 5.76 Å². The molecule has 0 aromatic heterocycles. The maximum atomic E-state index is 14.0. The van der Waals surface area contributed by atoms with Crippen molar-refractivity contribution in [2.45, 2.75) is 6.04 Å². The first-order valence-electron chi connectivity index (χ1n) is 9.93. The lowest BCUT2D eigenvalue weighted by Crippen LogP contribution is -2.29. The summed E-state index contributed by atoms with van der Waals surface area (Å²) in [5.74, 6) is -2.29. The van der Waals surface area contributed by atoms with E-state index in [4.69, 9.17) is 9.47 Å². The van der Waals surface area contributed by atoms with Gasteiger partial charge in [0.15, 0.2) is 0 Å². The molecular formula is C25H20FNO6. The second-order valence-electron chi connectivity index (χ2n) is 7.31. The van der Waals surface area contributed by atoms with Gasteiger partial charge >= 0.3 is 0 Å². The van der Waals surface area contributed by atoms with Crippen molar-refractivity contribution >= 4 is 23.1 Å². The van der Waals surface area contributed by atoms with Crippen LogP contribution >= 0.6 is 0 Å². The van der Waals surface area contributed by atoms with E-state index >= 15 is 0 Å². The molecule has 0 bridgehead atoms. The van der Waals surface area contributed by atoms with Gasteiger partial charge in [0.2, 0.25) is 0 Å². The fraction of sp³-hybridized carbons (Fsp3) is 0.120. The van der Waals surface area contributed by atoms with Crippen LogP contribution in [0.2, 0.25) is 0 Å². The third-order valence-electron chi connectivity index (χ3n) is 5.40. The number of hydrogen-bond acceptors (Lipinski definition) is 6. The number of nitrogens with zero attached hydrogens (tertiary/aromatic N) is 1. The Morgan fingerprint density at radius 2 is 1.70 bits per heavy atom. The summed E-state index contributed by atoms with van der Waals surface area (Å²) in [4.78, 5) is 27.4. The average molecular weight is 449 g/mol. The lowest BCUT2D eigenvalue weighted by atomic mass is 9.94. The van der Waals surface area contributed by atoms with E-state index in [0.717, 1.165) is 11.0 Å². The lowest BCUT2D eigenvalue weighted by molar-refractivity contribution is -0.132. The number of aliphatic hydroxyl groups excluding tert-OH is 1. The number of aliphatic hydroxyl groups is 1.